The Balaban J connectivity index is 2.26. The molecule has 21 heavy (non-hydrogen) atoms. The Morgan fingerprint density at radius 3 is 2.48 bits per heavy atom. The van der Waals surface area contributed by atoms with Gasteiger partial charge in [-0.05, 0) is 46.8 Å². The summed E-state index contributed by atoms with van der Waals surface area (Å²) in [5.41, 5.74) is 1.16. The first-order valence-electron chi connectivity index (χ1n) is 8.09. The molecule has 1 aliphatic heterocycles. The number of aromatic nitrogens is 2. The molecule has 5 nitrogen and oxygen atoms in total. The lowest BCUT2D eigenvalue weighted by atomic mass is 10.0. The zero-order chi connectivity index (χ0) is 15.4. The van der Waals surface area contributed by atoms with E-state index in [1.165, 1.54) is 25.9 Å². The second-order valence-electron chi connectivity index (χ2n) is 5.97. The van der Waals surface area contributed by atoms with Crippen LogP contribution in [0, 0.1) is 6.92 Å². The van der Waals surface area contributed by atoms with Crippen LogP contribution >= 0.6 is 0 Å². The molecular weight excluding hydrogens is 262 g/mol. The lowest BCUT2D eigenvalue weighted by Gasteiger charge is -2.36. The summed E-state index contributed by atoms with van der Waals surface area (Å²) in [5, 5.41) is 3.37. The Labute approximate surface area is 128 Å². The maximum Gasteiger partial charge on any atom is 0.137 e. The van der Waals surface area contributed by atoms with Gasteiger partial charge in [-0.25, -0.2) is 9.97 Å². The third-order valence-corrected chi connectivity index (χ3v) is 4.40. The van der Waals surface area contributed by atoms with Gasteiger partial charge in [-0.1, -0.05) is 6.92 Å². The van der Waals surface area contributed by atoms with Gasteiger partial charge in [0.1, 0.15) is 17.5 Å². The number of nitrogens with one attached hydrogen (secondary N) is 1. The van der Waals surface area contributed by atoms with Gasteiger partial charge in [0, 0.05) is 31.6 Å². The molecule has 2 heterocycles. The van der Waals surface area contributed by atoms with Crippen molar-refractivity contribution in [1.29, 1.82) is 0 Å². The van der Waals surface area contributed by atoms with Gasteiger partial charge in [-0.3, -0.25) is 0 Å². The Kier molecular flexibility index (Phi) is 5.39. The largest absolute Gasteiger partial charge is 0.370 e. The van der Waals surface area contributed by atoms with Crippen molar-refractivity contribution >= 4 is 11.6 Å². The van der Waals surface area contributed by atoms with E-state index in [9.17, 15) is 0 Å². The highest BCUT2D eigenvalue weighted by atomic mass is 15.2. The quantitative estimate of drug-likeness (QED) is 0.902. The summed E-state index contributed by atoms with van der Waals surface area (Å²) >= 11 is 0. The summed E-state index contributed by atoms with van der Waals surface area (Å²) in [4.78, 5) is 14.2. The maximum atomic E-state index is 4.79. The fourth-order valence-electron chi connectivity index (χ4n) is 2.95. The predicted octanol–water partition coefficient (Wildman–Crippen LogP) is 2.31. The molecule has 1 fully saturated rings. The SMILES string of the molecule is CCNc1nc(CC)nc(N(C)C2CCN(C)CC2)c1C. The lowest BCUT2D eigenvalue weighted by Crippen LogP contribution is -2.42. The summed E-state index contributed by atoms with van der Waals surface area (Å²) in [6, 6.07) is 0.578. The molecule has 1 aromatic rings. The van der Waals surface area contributed by atoms with E-state index >= 15 is 0 Å². The summed E-state index contributed by atoms with van der Waals surface area (Å²) in [7, 11) is 4.38. The summed E-state index contributed by atoms with van der Waals surface area (Å²) in [6.45, 7) is 9.56. The highest BCUT2D eigenvalue weighted by Crippen LogP contribution is 2.27. The third kappa shape index (κ3) is 3.64. The topological polar surface area (TPSA) is 44.3 Å². The fourth-order valence-corrected chi connectivity index (χ4v) is 2.95. The average molecular weight is 291 g/mol. The first kappa shape index (κ1) is 16.0. The molecule has 2 rings (SSSR count). The standard InChI is InChI=1S/C16H29N5/c1-6-14-18-15(17-7-2)12(3)16(19-14)21(5)13-8-10-20(4)11-9-13/h13H,6-11H2,1-5H3,(H,17,18,19). The number of piperidine rings is 1. The van der Waals surface area contributed by atoms with Gasteiger partial charge in [-0.15, -0.1) is 0 Å². The van der Waals surface area contributed by atoms with Crippen LogP contribution < -0.4 is 10.2 Å². The number of rotatable bonds is 5. The van der Waals surface area contributed by atoms with Crippen molar-refractivity contribution in [3.63, 3.8) is 0 Å². The molecule has 0 atom stereocenters. The van der Waals surface area contributed by atoms with E-state index < -0.39 is 0 Å². The van der Waals surface area contributed by atoms with E-state index in [2.05, 4.69) is 55.0 Å². The minimum atomic E-state index is 0.578. The Hall–Kier alpha value is -1.36. The molecule has 118 valence electrons. The van der Waals surface area contributed by atoms with Crippen LogP contribution in [0.25, 0.3) is 0 Å². The van der Waals surface area contributed by atoms with Gasteiger partial charge in [-0.2, -0.15) is 0 Å². The van der Waals surface area contributed by atoms with Crippen LogP contribution in [-0.4, -0.2) is 54.6 Å². The predicted molar refractivity (Wildman–Crippen MR) is 89.2 cm³/mol. The molecule has 1 aliphatic rings. The molecule has 0 aromatic carbocycles. The zero-order valence-electron chi connectivity index (χ0n) is 14.1. The smallest absolute Gasteiger partial charge is 0.137 e. The highest BCUT2D eigenvalue weighted by molar-refractivity contribution is 5.58. The van der Waals surface area contributed by atoms with Crippen LogP contribution in [0.5, 0.6) is 0 Å². The molecule has 1 N–H and O–H groups in total. The zero-order valence-corrected chi connectivity index (χ0v) is 14.1. The molecule has 0 aliphatic carbocycles. The van der Waals surface area contributed by atoms with Crippen molar-refractivity contribution in [3.8, 4) is 0 Å². The van der Waals surface area contributed by atoms with Crippen molar-refractivity contribution < 1.29 is 0 Å². The Bertz CT molecular complexity index is 466. The second kappa shape index (κ2) is 7.07. The molecule has 0 bridgehead atoms. The minimum absolute atomic E-state index is 0.578. The number of nitrogens with zero attached hydrogens (tertiary/aromatic N) is 4. The van der Waals surface area contributed by atoms with Gasteiger partial charge in [0.15, 0.2) is 0 Å². The van der Waals surface area contributed by atoms with Gasteiger partial charge >= 0.3 is 0 Å². The van der Waals surface area contributed by atoms with E-state index in [-0.39, 0.29) is 0 Å². The van der Waals surface area contributed by atoms with Crippen LogP contribution in [0.2, 0.25) is 0 Å². The van der Waals surface area contributed by atoms with Crippen LogP contribution in [0.3, 0.4) is 0 Å². The molecule has 0 spiro atoms. The highest BCUT2D eigenvalue weighted by Gasteiger charge is 2.24. The first-order valence-corrected chi connectivity index (χ1v) is 8.09. The number of hydrogen-bond acceptors (Lipinski definition) is 5. The van der Waals surface area contributed by atoms with E-state index in [1.54, 1.807) is 0 Å². The van der Waals surface area contributed by atoms with Gasteiger partial charge in [0.05, 0.1) is 0 Å². The van der Waals surface area contributed by atoms with Crippen molar-refractivity contribution in [1.82, 2.24) is 14.9 Å². The first-order chi connectivity index (χ1) is 10.1. The van der Waals surface area contributed by atoms with Crippen molar-refractivity contribution in [2.75, 3.05) is 43.9 Å². The summed E-state index contributed by atoms with van der Waals surface area (Å²) < 4.78 is 0. The summed E-state index contributed by atoms with van der Waals surface area (Å²) in [5.74, 6) is 3.00. The molecule has 5 heteroatoms. The number of aryl methyl sites for hydroxylation is 1. The van der Waals surface area contributed by atoms with Crippen LogP contribution in [0.4, 0.5) is 11.6 Å². The maximum absolute atomic E-state index is 4.79. The summed E-state index contributed by atoms with van der Waals surface area (Å²) in [6.07, 6.45) is 3.27. The normalized spacial score (nSPS) is 17.0. The molecule has 0 saturated carbocycles. The number of anilines is 2. The van der Waals surface area contributed by atoms with Crippen LogP contribution in [-0.2, 0) is 6.42 Å². The second-order valence-corrected chi connectivity index (χ2v) is 5.97. The Morgan fingerprint density at radius 2 is 1.90 bits per heavy atom. The number of likely N-dealkylation sites (tertiary alicyclic amines) is 1. The molecule has 0 amide bonds. The molecule has 1 aromatic heterocycles. The van der Waals surface area contributed by atoms with E-state index in [0.29, 0.717) is 6.04 Å². The van der Waals surface area contributed by atoms with E-state index in [1.807, 2.05) is 0 Å². The van der Waals surface area contributed by atoms with Gasteiger partial charge in [0.25, 0.3) is 0 Å². The van der Waals surface area contributed by atoms with Crippen LogP contribution in [0.15, 0.2) is 0 Å². The molecular formula is C16H29N5. The monoisotopic (exact) mass is 291 g/mol. The molecule has 0 radical (unpaired) electrons. The van der Waals surface area contributed by atoms with Gasteiger partial charge < -0.3 is 15.1 Å². The Morgan fingerprint density at radius 1 is 1.24 bits per heavy atom. The van der Waals surface area contributed by atoms with E-state index in [0.717, 1.165) is 36.0 Å². The fraction of sp³-hybridized carbons (Fsp3) is 0.750. The third-order valence-electron chi connectivity index (χ3n) is 4.40. The number of hydrogen-bond donors (Lipinski definition) is 1. The molecule has 1 saturated heterocycles. The van der Waals surface area contributed by atoms with Crippen molar-refractivity contribution in [2.24, 2.45) is 0 Å². The van der Waals surface area contributed by atoms with E-state index in [4.69, 9.17) is 4.98 Å². The van der Waals surface area contributed by atoms with Crippen molar-refractivity contribution in [3.05, 3.63) is 11.4 Å². The minimum Gasteiger partial charge on any atom is -0.370 e. The average Bonchev–Trinajstić information content (AvgIpc) is 2.49. The van der Waals surface area contributed by atoms with Gasteiger partial charge in [0.2, 0.25) is 0 Å². The van der Waals surface area contributed by atoms with Crippen molar-refractivity contribution in [2.45, 2.75) is 46.1 Å². The molecule has 0 unspecified atom stereocenters. The lowest BCUT2D eigenvalue weighted by molar-refractivity contribution is 0.252. The van der Waals surface area contributed by atoms with Crippen LogP contribution in [0.1, 0.15) is 38.1 Å².